The van der Waals surface area contributed by atoms with Gasteiger partial charge in [-0.05, 0) is 62.7 Å². The quantitative estimate of drug-likeness (QED) is 0.167. The van der Waals surface area contributed by atoms with E-state index in [2.05, 4.69) is 31.8 Å². The number of aryl methyl sites for hydroxylation is 2. The van der Waals surface area contributed by atoms with Gasteiger partial charge in [0, 0.05) is 29.2 Å². The first kappa shape index (κ1) is 26.7. The largest absolute Gasteiger partial charge is 0.369 e. The van der Waals surface area contributed by atoms with Crippen LogP contribution < -0.4 is 10.6 Å². The van der Waals surface area contributed by atoms with Crippen molar-refractivity contribution in [2.75, 3.05) is 18.4 Å². The van der Waals surface area contributed by atoms with Crippen molar-refractivity contribution in [2.45, 2.75) is 20.3 Å². The first-order chi connectivity index (χ1) is 19.3. The lowest BCUT2D eigenvalue weighted by Gasteiger charge is -2.11. The molecule has 9 nitrogen and oxygen atoms in total. The van der Waals surface area contributed by atoms with Gasteiger partial charge in [0.05, 0.1) is 16.7 Å². The molecule has 2 aromatic heterocycles. The van der Waals surface area contributed by atoms with Gasteiger partial charge in [-0.2, -0.15) is 10.4 Å². The number of imidazole rings is 1. The van der Waals surface area contributed by atoms with E-state index >= 15 is 0 Å². The van der Waals surface area contributed by atoms with Gasteiger partial charge < -0.3 is 15.6 Å². The van der Waals surface area contributed by atoms with Crippen LogP contribution in [-0.2, 0) is 0 Å². The number of hydrogen-bond acceptors (Lipinski definition) is 6. The van der Waals surface area contributed by atoms with Crippen LogP contribution in [0.25, 0.3) is 16.7 Å². The number of aromatic amines is 1. The zero-order valence-electron chi connectivity index (χ0n) is 22.0. The topological polar surface area (TPSA) is 128 Å². The number of nitrogens with zero attached hydrogens (tertiary/aromatic N) is 4. The van der Waals surface area contributed by atoms with E-state index in [9.17, 15) is 14.9 Å². The minimum absolute atomic E-state index is 0.0570. The number of carbonyl (C=O) groups excluding carboxylic acids is 2. The Morgan fingerprint density at radius 3 is 2.45 bits per heavy atom. The van der Waals surface area contributed by atoms with E-state index in [0.717, 1.165) is 22.4 Å². The van der Waals surface area contributed by atoms with Crippen molar-refractivity contribution in [3.63, 3.8) is 0 Å². The summed E-state index contributed by atoms with van der Waals surface area (Å²) < 4.78 is 1.54. The van der Waals surface area contributed by atoms with Gasteiger partial charge in [0.15, 0.2) is 5.69 Å². The number of H-pyrrole nitrogens is 1. The highest BCUT2D eigenvalue weighted by atomic mass is 35.5. The van der Waals surface area contributed by atoms with Gasteiger partial charge in [0.25, 0.3) is 5.91 Å². The molecule has 10 heteroatoms. The summed E-state index contributed by atoms with van der Waals surface area (Å²) in [5.74, 6) is 0.650. The van der Waals surface area contributed by atoms with Crippen molar-refractivity contribution in [3.8, 4) is 11.8 Å². The Morgan fingerprint density at radius 2 is 1.73 bits per heavy atom. The zero-order chi connectivity index (χ0) is 28.2. The summed E-state index contributed by atoms with van der Waals surface area (Å²) in [5, 5.41) is 21.3. The van der Waals surface area contributed by atoms with Crippen molar-refractivity contribution in [3.05, 3.63) is 106 Å². The lowest BCUT2D eigenvalue weighted by atomic mass is 10.0. The standard InChI is InChI=1S/C30H26ClN7O2/c1-18-4-6-20(7-5-18)28(39)27-24(17-32)29(38(37-27)23-11-9-22(31)10-12-23)33-14-3-15-34-30(40)21-8-13-25-26(16-21)36-19(2)35-25/h4-13,16,33H,3,14-15H2,1-2H3,(H,34,40)(H,35,36). The number of nitrogens with one attached hydrogen (secondary N) is 3. The molecule has 5 aromatic rings. The molecule has 0 bridgehead atoms. The van der Waals surface area contributed by atoms with Gasteiger partial charge in [0.2, 0.25) is 5.78 Å². The maximum Gasteiger partial charge on any atom is 0.251 e. The number of ketones is 1. The molecule has 0 unspecified atom stereocenters. The predicted molar refractivity (Wildman–Crippen MR) is 154 cm³/mol. The van der Waals surface area contributed by atoms with Crippen LogP contribution in [0.15, 0.2) is 66.7 Å². The molecular formula is C30H26ClN7O2. The second kappa shape index (κ2) is 11.4. The Bertz CT molecular complexity index is 1750. The second-order valence-electron chi connectivity index (χ2n) is 9.36. The van der Waals surface area contributed by atoms with E-state index in [1.165, 1.54) is 4.68 Å². The van der Waals surface area contributed by atoms with Crippen LogP contribution in [0.2, 0.25) is 5.02 Å². The molecule has 0 atom stereocenters. The molecule has 0 aliphatic carbocycles. The van der Waals surface area contributed by atoms with E-state index in [1.54, 1.807) is 48.5 Å². The lowest BCUT2D eigenvalue weighted by molar-refractivity contribution is 0.0953. The van der Waals surface area contributed by atoms with E-state index in [1.807, 2.05) is 32.0 Å². The molecule has 0 aliphatic rings. The average Bonchev–Trinajstić information content (AvgIpc) is 3.52. The number of nitriles is 1. The SMILES string of the molecule is Cc1ccc(C(=O)c2nn(-c3ccc(Cl)cc3)c(NCCCNC(=O)c3ccc4nc(C)[nH]c4c3)c2C#N)cc1. The predicted octanol–water partition coefficient (Wildman–Crippen LogP) is 5.35. The summed E-state index contributed by atoms with van der Waals surface area (Å²) in [6.07, 6.45) is 0.565. The van der Waals surface area contributed by atoms with E-state index in [0.29, 0.717) is 47.2 Å². The zero-order valence-corrected chi connectivity index (χ0v) is 22.7. The molecule has 0 saturated carbocycles. The summed E-state index contributed by atoms with van der Waals surface area (Å²) in [7, 11) is 0. The first-order valence-corrected chi connectivity index (χ1v) is 13.1. The van der Waals surface area contributed by atoms with Crippen LogP contribution in [-0.4, -0.2) is 44.5 Å². The summed E-state index contributed by atoms with van der Waals surface area (Å²) in [6, 6.07) is 21.6. The second-order valence-corrected chi connectivity index (χ2v) is 9.79. The molecule has 3 aromatic carbocycles. The Labute approximate surface area is 235 Å². The van der Waals surface area contributed by atoms with Gasteiger partial charge in [0.1, 0.15) is 23.3 Å². The highest BCUT2D eigenvalue weighted by Gasteiger charge is 2.25. The van der Waals surface area contributed by atoms with Crippen LogP contribution in [0, 0.1) is 25.2 Å². The van der Waals surface area contributed by atoms with Crippen molar-refractivity contribution in [1.82, 2.24) is 25.1 Å². The van der Waals surface area contributed by atoms with Gasteiger partial charge in [-0.3, -0.25) is 9.59 Å². The molecule has 0 aliphatic heterocycles. The van der Waals surface area contributed by atoms with Gasteiger partial charge in [-0.25, -0.2) is 9.67 Å². The molecule has 0 radical (unpaired) electrons. The highest BCUT2D eigenvalue weighted by Crippen LogP contribution is 2.26. The van der Waals surface area contributed by atoms with Crippen LogP contribution in [0.5, 0.6) is 0 Å². The summed E-state index contributed by atoms with van der Waals surface area (Å²) in [6.45, 7) is 4.63. The Kier molecular flexibility index (Phi) is 7.62. The average molecular weight is 552 g/mol. The Balaban J connectivity index is 1.31. The molecule has 5 rings (SSSR count). The monoisotopic (exact) mass is 551 g/mol. The molecule has 2 heterocycles. The van der Waals surface area contributed by atoms with E-state index in [-0.39, 0.29) is 22.9 Å². The number of rotatable bonds is 9. The van der Waals surface area contributed by atoms with Crippen molar-refractivity contribution >= 4 is 40.1 Å². The van der Waals surface area contributed by atoms with Crippen molar-refractivity contribution in [1.29, 1.82) is 5.26 Å². The van der Waals surface area contributed by atoms with Gasteiger partial charge >= 0.3 is 0 Å². The molecule has 200 valence electrons. The summed E-state index contributed by atoms with van der Waals surface area (Å²) in [5.41, 5.74) is 4.47. The number of aromatic nitrogens is 4. The smallest absolute Gasteiger partial charge is 0.251 e. The van der Waals surface area contributed by atoms with Crippen LogP contribution >= 0.6 is 11.6 Å². The number of halogens is 1. The third kappa shape index (κ3) is 5.58. The fraction of sp³-hybridized carbons (Fsp3) is 0.167. The number of hydrogen-bond donors (Lipinski definition) is 3. The maximum absolute atomic E-state index is 13.3. The fourth-order valence-electron chi connectivity index (χ4n) is 4.33. The van der Waals surface area contributed by atoms with Crippen LogP contribution in [0.4, 0.5) is 5.82 Å². The third-order valence-electron chi connectivity index (χ3n) is 6.39. The Morgan fingerprint density at radius 1 is 1.00 bits per heavy atom. The number of carbonyl (C=O) groups is 2. The molecule has 0 saturated heterocycles. The van der Waals surface area contributed by atoms with Gasteiger partial charge in [-0.15, -0.1) is 0 Å². The number of anilines is 1. The number of fused-ring (bicyclic) bond motifs is 1. The van der Waals surface area contributed by atoms with Crippen LogP contribution in [0.3, 0.4) is 0 Å². The molecule has 3 N–H and O–H groups in total. The number of benzene rings is 3. The summed E-state index contributed by atoms with van der Waals surface area (Å²) >= 11 is 6.07. The normalized spacial score (nSPS) is 10.8. The Hall–Kier alpha value is -4.94. The molecule has 1 amide bonds. The van der Waals surface area contributed by atoms with E-state index < -0.39 is 0 Å². The first-order valence-electron chi connectivity index (χ1n) is 12.7. The minimum Gasteiger partial charge on any atom is -0.369 e. The molecular weight excluding hydrogens is 526 g/mol. The van der Waals surface area contributed by atoms with Crippen molar-refractivity contribution < 1.29 is 9.59 Å². The minimum atomic E-state index is -0.344. The van der Waals surface area contributed by atoms with E-state index in [4.69, 9.17) is 11.6 Å². The number of amides is 1. The highest BCUT2D eigenvalue weighted by molar-refractivity contribution is 6.30. The third-order valence-corrected chi connectivity index (χ3v) is 6.64. The van der Waals surface area contributed by atoms with Gasteiger partial charge in [-0.1, -0.05) is 41.4 Å². The molecule has 0 fully saturated rings. The lowest BCUT2D eigenvalue weighted by Crippen LogP contribution is -2.26. The fourth-order valence-corrected chi connectivity index (χ4v) is 4.46. The van der Waals surface area contributed by atoms with Crippen molar-refractivity contribution in [2.24, 2.45) is 0 Å². The molecule has 0 spiro atoms. The maximum atomic E-state index is 13.3. The molecule has 40 heavy (non-hydrogen) atoms. The summed E-state index contributed by atoms with van der Waals surface area (Å²) in [4.78, 5) is 33.5. The van der Waals surface area contributed by atoms with Crippen LogP contribution in [0.1, 0.15) is 49.8 Å².